The quantitative estimate of drug-likeness (QED) is 0.839. The Morgan fingerprint density at radius 1 is 1.04 bits per heavy atom. The summed E-state index contributed by atoms with van der Waals surface area (Å²) in [4.78, 5) is 17.2. The highest BCUT2D eigenvalue weighted by molar-refractivity contribution is 5.85. The fraction of sp³-hybridized carbons (Fsp3) is 0.632. The van der Waals surface area contributed by atoms with E-state index in [1.807, 2.05) is 17.0 Å². The fourth-order valence-corrected chi connectivity index (χ4v) is 3.91. The molecule has 1 amide bonds. The molecule has 7 heteroatoms. The molecule has 0 aromatic heterocycles. The van der Waals surface area contributed by atoms with Crippen LogP contribution in [-0.4, -0.2) is 47.9 Å². The predicted molar refractivity (Wildman–Crippen MR) is 107 cm³/mol. The summed E-state index contributed by atoms with van der Waals surface area (Å²) < 4.78 is 13.0. The van der Waals surface area contributed by atoms with Crippen LogP contribution in [0, 0.1) is 11.7 Å². The second-order valence-corrected chi connectivity index (χ2v) is 7.21. The molecule has 1 aromatic carbocycles. The molecule has 2 N–H and O–H groups in total. The predicted octanol–water partition coefficient (Wildman–Crippen LogP) is 3.22. The van der Waals surface area contributed by atoms with Crippen LogP contribution in [0.15, 0.2) is 24.3 Å². The van der Waals surface area contributed by atoms with Crippen molar-refractivity contribution in [2.75, 3.05) is 26.2 Å². The zero-order valence-corrected chi connectivity index (χ0v) is 16.7. The lowest BCUT2D eigenvalue weighted by Gasteiger charge is -2.31. The topological polar surface area (TPSA) is 49.6 Å². The number of benzene rings is 1. The van der Waals surface area contributed by atoms with Crippen molar-refractivity contribution in [3.63, 3.8) is 0 Å². The summed E-state index contributed by atoms with van der Waals surface area (Å²) in [6, 6.07) is 6.89. The smallest absolute Gasteiger partial charge is 0.225 e. The van der Waals surface area contributed by atoms with Crippen molar-refractivity contribution in [3.05, 3.63) is 35.6 Å². The minimum absolute atomic E-state index is 0. The van der Waals surface area contributed by atoms with Crippen molar-refractivity contribution in [2.24, 2.45) is 11.7 Å². The Kier molecular flexibility index (Phi) is 9.86. The van der Waals surface area contributed by atoms with Crippen molar-refractivity contribution in [1.82, 2.24) is 9.80 Å². The molecule has 2 fully saturated rings. The van der Waals surface area contributed by atoms with Crippen molar-refractivity contribution in [3.8, 4) is 0 Å². The van der Waals surface area contributed by atoms with E-state index < -0.39 is 0 Å². The van der Waals surface area contributed by atoms with Gasteiger partial charge in [0.15, 0.2) is 0 Å². The maximum Gasteiger partial charge on any atom is 0.225 e. The molecule has 3 rings (SSSR count). The van der Waals surface area contributed by atoms with Crippen LogP contribution < -0.4 is 5.73 Å². The lowest BCUT2D eigenvalue weighted by Crippen LogP contribution is -2.42. The van der Waals surface area contributed by atoms with Gasteiger partial charge in [-0.25, -0.2) is 4.39 Å². The van der Waals surface area contributed by atoms with Gasteiger partial charge in [0, 0.05) is 44.7 Å². The molecule has 1 aliphatic heterocycles. The molecule has 2 unspecified atom stereocenters. The molecule has 1 aromatic rings. The van der Waals surface area contributed by atoms with E-state index in [1.54, 1.807) is 0 Å². The van der Waals surface area contributed by atoms with Gasteiger partial charge < -0.3 is 10.6 Å². The number of rotatable bonds is 3. The number of nitrogens with two attached hydrogens (primary N) is 1. The molecule has 2 aliphatic rings. The second-order valence-electron chi connectivity index (χ2n) is 7.21. The second kappa shape index (κ2) is 11.1. The maximum absolute atomic E-state index is 13.0. The van der Waals surface area contributed by atoms with E-state index in [0.29, 0.717) is 5.91 Å². The molecule has 0 bridgehead atoms. The van der Waals surface area contributed by atoms with E-state index >= 15 is 0 Å². The standard InChI is InChI=1S/C19H28FN3O.2ClH/c20-17-7-5-15(6-8-17)14-22-9-2-10-23(12-11-22)19(24)16-3-1-4-18(21)13-16;;/h5-8,16,18H,1-4,9-14,21H2;2*1H. The Morgan fingerprint density at radius 3 is 2.46 bits per heavy atom. The van der Waals surface area contributed by atoms with Crippen LogP contribution >= 0.6 is 24.8 Å². The molecule has 1 heterocycles. The average Bonchev–Trinajstić information content (AvgIpc) is 2.82. The molecular formula is C19H30Cl2FN3O. The molecular weight excluding hydrogens is 376 g/mol. The SMILES string of the molecule is Cl.Cl.NC1CCCC(C(=O)N2CCCN(Cc3ccc(F)cc3)CC2)C1. The van der Waals surface area contributed by atoms with E-state index in [-0.39, 0.29) is 42.6 Å². The lowest BCUT2D eigenvalue weighted by atomic mass is 9.85. The summed E-state index contributed by atoms with van der Waals surface area (Å²) >= 11 is 0. The lowest BCUT2D eigenvalue weighted by molar-refractivity contribution is -0.136. The summed E-state index contributed by atoms with van der Waals surface area (Å²) in [7, 11) is 0. The van der Waals surface area contributed by atoms with Gasteiger partial charge >= 0.3 is 0 Å². The van der Waals surface area contributed by atoms with Gasteiger partial charge in [0.25, 0.3) is 0 Å². The Morgan fingerprint density at radius 2 is 1.77 bits per heavy atom. The Hall–Kier alpha value is -0.880. The summed E-state index contributed by atoms with van der Waals surface area (Å²) in [6.45, 7) is 4.29. The Bertz CT molecular complexity index is 558. The zero-order valence-electron chi connectivity index (χ0n) is 15.1. The van der Waals surface area contributed by atoms with Gasteiger partial charge in [-0.3, -0.25) is 9.69 Å². The van der Waals surface area contributed by atoms with Crippen molar-refractivity contribution in [1.29, 1.82) is 0 Å². The molecule has 148 valence electrons. The minimum atomic E-state index is -0.197. The molecule has 2 atom stereocenters. The summed E-state index contributed by atoms with van der Waals surface area (Å²) in [5.41, 5.74) is 7.16. The monoisotopic (exact) mass is 405 g/mol. The molecule has 1 saturated heterocycles. The number of hydrogen-bond acceptors (Lipinski definition) is 3. The van der Waals surface area contributed by atoms with Gasteiger partial charge in [0.05, 0.1) is 0 Å². The first kappa shape index (κ1) is 23.2. The summed E-state index contributed by atoms with van der Waals surface area (Å²) in [5, 5.41) is 0. The zero-order chi connectivity index (χ0) is 16.9. The minimum Gasteiger partial charge on any atom is -0.341 e. The Balaban J connectivity index is 0.00000169. The highest BCUT2D eigenvalue weighted by Gasteiger charge is 2.29. The van der Waals surface area contributed by atoms with Gasteiger partial charge in [0.1, 0.15) is 5.82 Å². The highest BCUT2D eigenvalue weighted by atomic mass is 35.5. The molecule has 1 aliphatic carbocycles. The van der Waals surface area contributed by atoms with E-state index in [9.17, 15) is 9.18 Å². The largest absolute Gasteiger partial charge is 0.341 e. The summed E-state index contributed by atoms with van der Waals surface area (Å²) in [5.74, 6) is 0.225. The number of halogens is 3. The van der Waals surface area contributed by atoms with E-state index in [1.165, 1.54) is 12.1 Å². The van der Waals surface area contributed by atoms with Crippen LogP contribution in [0.3, 0.4) is 0 Å². The van der Waals surface area contributed by atoms with E-state index in [2.05, 4.69) is 4.90 Å². The first-order chi connectivity index (χ1) is 11.6. The number of carbonyl (C=O) groups is 1. The van der Waals surface area contributed by atoms with E-state index in [4.69, 9.17) is 5.73 Å². The maximum atomic E-state index is 13.0. The van der Waals surface area contributed by atoms with Gasteiger partial charge in [-0.05, 0) is 43.4 Å². The fourth-order valence-electron chi connectivity index (χ4n) is 3.91. The molecule has 1 saturated carbocycles. The van der Waals surface area contributed by atoms with E-state index in [0.717, 1.165) is 70.4 Å². The highest BCUT2D eigenvalue weighted by Crippen LogP contribution is 2.25. The molecule has 0 radical (unpaired) electrons. The van der Waals surface area contributed by atoms with Crippen molar-refractivity contribution in [2.45, 2.75) is 44.7 Å². The van der Waals surface area contributed by atoms with Crippen LogP contribution in [-0.2, 0) is 11.3 Å². The van der Waals surface area contributed by atoms with Gasteiger partial charge in [0.2, 0.25) is 5.91 Å². The van der Waals surface area contributed by atoms with Gasteiger partial charge in [-0.15, -0.1) is 24.8 Å². The molecule has 0 spiro atoms. The van der Waals surface area contributed by atoms with Crippen LogP contribution in [0.2, 0.25) is 0 Å². The third-order valence-corrected chi connectivity index (χ3v) is 5.28. The Labute approximate surface area is 168 Å². The van der Waals surface area contributed by atoms with Crippen molar-refractivity contribution >= 4 is 30.7 Å². The van der Waals surface area contributed by atoms with Gasteiger partial charge in [-0.1, -0.05) is 18.6 Å². The van der Waals surface area contributed by atoms with Gasteiger partial charge in [-0.2, -0.15) is 0 Å². The number of carbonyl (C=O) groups excluding carboxylic acids is 1. The molecule has 4 nitrogen and oxygen atoms in total. The first-order valence-corrected chi connectivity index (χ1v) is 9.13. The third-order valence-electron chi connectivity index (χ3n) is 5.28. The van der Waals surface area contributed by atoms with Crippen LogP contribution in [0.4, 0.5) is 4.39 Å². The summed E-state index contributed by atoms with van der Waals surface area (Å²) in [6.07, 6.45) is 4.94. The third kappa shape index (κ3) is 6.38. The average molecular weight is 406 g/mol. The number of nitrogens with zero attached hydrogens (tertiary/aromatic N) is 2. The van der Waals surface area contributed by atoms with Crippen LogP contribution in [0.5, 0.6) is 0 Å². The van der Waals surface area contributed by atoms with Crippen molar-refractivity contribution < 1.29 is 9.18 Å². The number of hydrogen-bond donors (Lipinski definition) is 1. The van der Waals surface area contributed by atoms with Crippen LogP contribution in [0.25, 0.3) is 0 Å². The first-order valence-electron chi connectivity index (χ1n) is 9.13. The molecule has 26 heavy (non-hydrogen) atoms. The normalized spacial score (nSPS) is 24.2. The van der Waals surface area contributed by atoms with Crippen LogP contribution in [0.1, 0.15) is 37.7 Å². The number of amides is 1.